The van der Waals surface area contributed by atoms with E-state index in [0.29, 0.717) is 22.3 Å². The fourth-order valence-electron chi connectivity index (χ4n) is 1.14. The minimum atomic E-state index is -0.388. The monoisotopic (exact) mass is 290 g/mol. The van der Waals surface area contributed by atoms with Crippen LogP contribution in [0.1, 0.15) is 13.8 Å². The number of rotatable bonds is 4. The van der Waals surface area contributed by atoms with Crippen LogP contribution in [0, 0.1) is 5.41 Å². The Labute approximate surface area is 116 Å². The summed E-state index contributed by atoms with van der Waals surface area (Å²) >= 11 is 11.7. The Morgan fingerprint density at radius 2 is 2.06 bits per heavy atom. The molecular formula is C12H16Cl2N2O2. The molecule has 18 heavy (non-hydrogen) atoms. The lowest BCUT2D eigenvalue weighted by molar-refractivity contribution is 0.158. The van der Waals surface area contributed by atoms with Gasteiger partial charge < -0.3 is 15.7 Å². The van der Waals surface area contributed by atoms with Crippen LogP contribution in [0.2, 0.25) is 10.0 Å². The van der Waals surface area contributed by atoms with Crippen molar-refractivity contribution in [3.8, 4) is 0 Å². The summed E-state index contributed by atoms with van der Waals surface area (Å²) in [4.78, 5) is 11.6. The Morgan fingerprint density at radius 1 is 1.39 bits per heavy atom. The van der Waals surface area contributed by atoms with Gasteiger partial charge in [-0.25, -0.2) is 4.79 Å². The first-order valence-corrected chi connectivity index (χ1v) is 6.20. The number of halogens is 2. The van der Waals surface area contributed by atoms with Gasteiger partial charge in [-0.15, -0.1) is 0 Å². The van der Waals surface area contributed by atoms with Gasteiger partial charge in [-0.3, -0.25) is 0 Å². The number of amides is 2. The highest BCUT2D eigenvalue weighted by atomic mass is 35.5. The highest BCUT2D eigenvalue weighted by molar-refractivity contribution is 6.35. The average Bonchev–Trinajstić information content (AvgIpc) is 2.31. The first-order chi connectivity index (χ1) is 8.34. The maximum atomic E-state index is 11.6. The van der Waals surface area contributed by atoms with Crippen LogP contribution in [0.15, 0.2) is 18.2 Å². The van der Waals surface area contributed by atoms with E-state index in [1.807, 2.05) is 13.8 Å². The number of hydrogen-bond donors (Lipinski definition) is 3. The van der Waals surface area contributed by atoms with E-state index < -0.39 is 0 Å². The molecule has 3 N–H and O–H groups in total. The number of aliphatic hydroxyl groups excluding tert-OH is 1. The zero-order valence-corrected chi connectivity index (χ0v) is 11.8. The summed E-state index contributed by atoms with van der Waals surface area (Å²) < 4.78 is 0. The third kappa shape index (κ3) is 4.72. The first kappa shape index (κ1) is 15.1. The molecule has 1 aromatic carbocycles. The maximum absolute atomic E-state index is 11.6. The molecule has 0 heterocycles. The quantitative estimate of drug-likeness (QED) is 0.798. The van der Waals surface area contributed by atoms with Crippen LogP contribution in [0.25, 0.3) is 0 Å². The van der Waals surface area contributed by atoms with E-state index >= 15 is 0 Å². The van der Waals surface area contributed by atoms with Gasteiger partial charge >= 0.3 is 6.03 Å². The topological polar surface area (TPSA) is 61.4 Å². The predicted octanol–water partition coefficient (Wildman–Crippen LogP) is 3.13. The highest BCUT2D eigenvalue weighted by Gasteiger charge is 2.17. The van der Waals surface area contributed by atoms with Gasteiger partial charge in [0.25, 0.3) is 0 Å². The second kappa shape index (κ2) is 6.27. The van der Waals surface area contributed by atoms with Crippen molar-refractivity contribution in [2.75, 3.05) is 18.5 Å². The molecule has 0 aliphatic carbocycles. The van der Waals surface area contributed by atoms with Crippen LogP contribution < -0.4 is 10.6 Å². The van der Waals surface area contributed by atoms with Crippen molar-refractivity contribution in [3.05, 3.63) is 28.2 Å². The smallest absolute Gasteiger partial charge is 0.319 e. The Morgan fingerprint density at radius 3 is 2.67 bits per heavy atom. The van der Waals surface area contributed by atoms with E-state index in [4.69, 9.17) is 28.3 Å². The standard InChI is InChI=1S/C12H16Cl2N2O2/c1-12(2,7-17)6-15-11(18)16-10-5-8(13)3-4-9(10)14/h3-5,17H,6-7H2,1-2H3,(H2,15,16,18). The number of hydrogen-bond acceptors (Lipinski definition) is 2. The molecule has 0 aliphatic rings. The summed E-state index contributed by atoms with van der Waals surface area (Å²) in [7, 11) is 0. The zero-order chi connectivity index (χ0) is 13.8. The third-order valence-corrected chi connectivity index (χ3v) is 2.90. The van der Waals surface area contributed by atoms with E-state index in [2.05, 4.69) is 10.6 Å². The molecular weight excluding hydrogens is 275 g/mol. The number of carbonyl (C=O) groups is 1. The van der Waals surface area contributed by atoms with Gasteiger partial charge in [0.15, 0.2) is 0 Å². The highest BCUT2D eigenvalue weighted by Crippen LogP contribution is 2.25. The molecule has 0 atom stereocenters. The van der Waals surface area contributed by atoms with Gasteiger partial charge in [0, 0.05) is 23.6 Å². The molecule has 0 aliphatic heterocycles. The lowest BCUT2D eigenvalue weighted by Crippen LogP contribution is -2.38. The summed E-state index contributed by atoms with van der Waals surface area (Å²) in [6.07, 6.45) is 0. The Balaban J connectivity index is 2.57. The number of aliphatic hydroxyl groups is 1. The molecule has 6 heteroatoms. The normalized spacial score (nSPS) is 11.2. The summed E-state index contributed by atoms with van der Waals surface area (Å²) in [6.45, 7) is 4.04. The van der Waals surface area contributed by atoms with Gasteiger partial charge in [0.2, 0.25) is 0 Å². The number of urea groups is 1. The van der Waals surface area contributed by atoms with Crippen molar-refractivity contribution in [2.45, 2.75) is 13.8 Å². The molecule has 0 bridgehead atoms. The number of benzene rings is 1. The third-order valence-electron chi connectivity index (χ3n) is 2.33. The van der Waals surface area contributed by atoms with E-state index in [1.165, 1.54) is 0 Å². The van der Waals surface area contributed by atoms with Crippen molar-refractivity contribution in [1.82, 2.24) is 5.32 Å². The van der Waals surface area contributed by atoms with E-state index in [0.717, 1.165) is 0 Å². The van der Waals surface area contributed by atoms with Gasteiger partial charge in [0.05, 0.1) is 10.7 Å². The second-order valence-corrected chi connectivity index (χ2v) is 5.60. The Bertz CT molecular complexity index is 436. The minimum Gasteiger partial charge on any atom is -0.396 e. The summed E-state index contributed by atoms with van der Waals surface area (Å²) in [6, 6.07) is 4.43. The molecule has 1 aromatic rings. The van der Waals surface area contributed by atoms with Crippen molar-refractivity contribution in [2.24, 2.45) is 5.41 Å². The molecule has 0 fully saturated rings. The molecule has 4 nitrogen and oxygen atoms in total. The predicted molar refractivity (Wildman–Crippen MR) is 74.4 cm³/mol. The summed E-state index contributed by atoms with van der Waals surface area (Å²) in [5.74, 6) is 0. The number of nitrogens with one attached hydrogen (secondary N) is 2. The van der Waals surface area contributed by atoms with Gasteiger partial charge in [-0.1, -0.05) is 37.0 Å². The summed E-state index contributed by atoms with van der Waals surface area (Å²) in [5, 5.41) is 15.2. The molecule has 0 aromatic heterocycles. The minimum absolute atomic E-state index is 0.00873. The fourth-order valence-corrected chi connectivity index (χ4v) is 1.47. The largest absolute Gasteiger partial charge is 0.396 e. The van der Waals surface area contributed by atoms with Crippen LogP contribution in [-0.2, 0) is 0 Å². The molecule has 0 saturated carbocycles. The zero-order valence-electron chi connectivity index (χ0n) is 10.3. The Hall–Kier alpha value is -0.970. The lowest BCUT2D eigenvalue weighted by atomic mass is 9.95. The molecule has 0 radical (unpaired) electrons. The average molecular weight is 291 g/mol. The number of carbonyl (C=O) groups excluding carboxylic acids is 1. The van der Waals surface area contributed by atoms with Crippen molar-refractivity contribution in [3.63, 3.8) is 0 Å². The van der Waals surface area contributed by atoms with Gasteiger partial charge in [-0.2, -0.15) is 0 Å². The molecule has 0 unspecified atom stereocenters. The fraction of sp³-hybridized carbons (Fsp3) is 0.417. The van der Waals surface area contributed by atoms with Crippen LogP contribution in [-0.4, -0.2) is 24.3 Å². The van der Waals surface area contributed by atoms with E-state index in [-0.39, 0.29) is 18.1 Å². The molecule has 0 saturated heterocycles. The maximum Gasteiger partial charge on any atom is 0.319 e. The van der Waals surface area contributed by atoms with Gasteiger partial charge in [0.1, 0.15) is 0 Å². The van der Waals surface area contributed by atoms with Crippen molar-refractivity contribution in [1.29, 1.82) is 0 Å². The summed E-state index contributed by atoms with van der Waals surface area (Å²) in [5.41, 5.74) is 0.0821. The van der Waals surface area contributed by atoms with Crippen molar-refractivity contribution >= 4 is 34.9 Å². The molecule has 2 amide bonds. The van der Waals surface area contributed by atoms with E-state index in [1.54, 1.807) is 18.2 Å². The van der Waals surface area contributed by atoms with E-state index in [9.17, 15) is 4.79 Å². The van der Waals surface area contributed by atoms with Crippen LogP contribution in [0.3, 0.4) is 0 Å². The second-order valence-electron chi connectivity index (χ2n) is 4.75. The van der Waals surface area contributed by atoms with Crippen LogP contribution in [0.5, 0.6) is 0 Å². The molecule has 1 rings (SSSR count). The SMILES string of the molecule is CC(C)(CO)CNC(=O)Nc1cc(Cl)ccc1Cl. The lowest BCUT2D eigenvalue weighted by Gasteiger charge is -2.22. The molecule has 100 valence electrons. The molecule has 0 spiro atoms. The van der Waals surface area contributed by atoms with Crippen LogP contribution >= 0.6 is 23.2 Å². The van der Waals surface area contributed by atoms with Crippen LogP contribution in [0.4, 0.5) is 10.5 Å². The Kier molecular flexibility index (Phi) is 5.26. The van der Waals surface area contributed by atoms with Crippen molar-refractivity contribution < 1.29 is 9.90 Å². The van der Waals surface area contributed by atoms with Gasteiger partial charge in [-0.05, 0) is 18.2 Å². The first-order valence-electron chi connectivity index (χ1n) is 5.45. The number of anilines is 1.